The molecule has 0 aliphatic heterocycles. The summed E-state index contributed by atoms with van der Waals surface area (Å²) >= 11 is 1.65. The number of rotatable bonds is 5. The molecule has 6 heteroatoms. The van der Waals surface area contributed by atoms with Gasteiger partial charge in [0.05, 0.1) is 5.69 Å². The van der Waals surface area contributed by atoms with Crippen molar-refractivity contribution in [3.05, 3.63) is 39.8 Å². The predicted molar refractivity (Wildman–Crippen MR) is 71.0 cm³/mol. The molecule has 2 heterocycles. The van der Waals surface area contributed by atoms with E-state index in [1.807, 2.05) is 37.7 Å². The van der Waals surface area contributed by atoms with Crippen molar-refractivity contribution in [2.24, 2.45) is 12.8 Å². The van der Waals surface area contributed by atoms with E-state index in [-0.39, 0.29) is 5.91 Å². The fourth-order valence-electron chi connectivity index (χ4n) is 1.88. The lowest BCUT2D eigenvalue weighted by Crippen LogP contribution is -2.33. The first-order valence-corrected chi connectivity index (χ1v) is 6.51. The van der Waals surface area contributed by atoms with Crippen LogP contribution >= 0.6 is 11.3 Å². The molecular weight excluding hydrogens is 248 g/mol. The summed E-state index contributed by atoms with van der Waals surface area (Å²) in [5.74, 6) is -0.386. The van der Waals surface area contributed by atoms with Crippen LogP contribution in [0.1, 0.15) is 22.2 Å². The number of hydrogen-bond donors (Lipinski definition) is 2. The Labute approximate surface area is 110 Å². The Morgan fingerprint density at radius 1 is 1.67 bits per heavy atom. The second-order valence-corrected chi connectivity index (χ2v) is 5.17. The monoisotopic (exact) mass is 264 g/mol. The summed E-state index contributed by atoms with van der Waals surface area (Å²) in [7, 11) is 1.83. The van der Waals surface area contributed by atoms with Crippen molar-refractivity contribution in [2.75, 3.05) is 0 Å². The van der Waals surface area contributed by atoms with Gasteiger partial charge in [0.15, 0.2) is 0 Å². The van der Waals surface area contributed by atoms with Gasteiger partial charge >= 0.3 is 0 Å². The molecule has 2 aromatic heterocycles. The predicted octanol–water partition coefficient (Wildman–Crippen LogP) is 1.11. The first kappa shape index (κ1) is 12.8. The lowest BCUT2D eigenvalue weighted by Gasteiger charge is -2.14. The SMILES string of the molecule is Cc1nn(C)cc1C(NCc1cccs1)C(N)=O. The summed E-state index contributed by atoms with van der Waals surface area (Å²) < 4.78 is 1.69. The molecule has 1 atom stereocenters. The zero-order valence-electron chi connectivity index (χ0n) is 10.4. The maximum atomic E-state index is 11.5. The molecule has 1 unspecified atom stereocenters. The Bertz CT molecular complexity index is 532. The summed E-state index contributed by atoms with van der Waals surface area (Å²) in [4.78, 5) is 12.7. The number of primary amides is 1. The van der Waals surface area contributed by atoms with E-state index in [9.17, 15) is 4.79 Å². The van der Waals surface area contributed by atoms with Gasteiger partial charge in [-0.3, -0.25) is 14.8 Å². The Morgan fingerprint density at radius 3 is 2.94 bits per heavy atom. The normalized spacial score (nSPS) is 12.6. The third kappa shape index (κ3) is 2.77. The van der Waals surface area contributed by atoms with Crippen molar-refractivity contribution in [3.8, 4) is 0 Å². The number of nitrogens with two attached hydrogens (primary N) is 1. The maximum absolute atomic E-state index is 11.5. The van der Waals surface area contributed by atoms with Crippen molar-refractivity contribution in [3.63, 3.8) is 0 Å². The van der Waals surface area contributed by atoms with Gasteiger partial charge in [0.25, 0.3) is 0 Å². The summed E-state index contributed by atoms with van der Waals surface area (Å²) in [6, 6.07) is 3.50. The van der Waals surface area contributed by atoms with Crippen LogP contribution in [0.4, 0.5) is 0 Å². The van der Waals surface area contributed by atoms with Crippen LogP contribution < -0.4 is 11.1 Å². The Kier molecular flexibility index (Phi) is 3.78. The minimum absolute atomic E-state index is 0.386. The number of nitrogens with zero attached hydrogens (tertiary/aromatic N) is 2. The highest BCUT2D eigenvalue weighted by Crippen LogP contribution is 2.17. The Balaban J connectivity index is 2.13. The van der Waals surface area contributed by atoms with Gasteiger partial charge in [0.2, 0.25) is 5.91 Å². The average Bonchev–Trinajstić information content (AvgIpc) is 2.89. The van der Waals surface area contributed by atoms with Crippen molar-refractivity contribution in [1.82, 2.24) is 15.1 Å². The molecule has 2 aromatic rings. The Hall–Kier alpha value is -1.66. The summed E-state index contributed by atoms with van der Waals surface area (Å²) in [6.45, 7) is 2.50. The first-order chi connectivity index (χ1) is 8.58. The fraction of sp³-hybridized carbons (Fsp3) is 0.333. The minimum atomic E-state index is -0.499. The molecule has 0 bridgehead atoms. The van der Waals surface area contributed by atoms with E-state index in [1.165, 1.54) is 4.88 Å². The van der Waals surface area contributed by atoms with E-state index in [1.54, 1.807) is 16.0 Å². The molecule has 0 saturated heterocycles. The van der Waals surface area contributed by atoms with Crippen LogP contribution in [0.25, 0.3) is 0 Å². The van der Waals surface area contributed by atoms with E-state index in [4.69, 9.17) is 5.73 Å². The molecule has 0 spiro atoms. The number of carbonyl (C=O) groups is 1. The number of hydrogen-bond acceptors (Lipinski definition) is 4. The highest BCUT2D eigenvalue weighted by molar-refractivity contribution is 7.09. The molecule has 1 amide bonds. The number of carbonyl (C=O) groups excluding carboxylic acids is 1. The second-order valence-electron chi connectivity index (χ2n) is 4.14. The van der Waals surface area contributed by atoms with Gasteiger partial charge in [-0.25, -0.2) is 0 Å². The van der Waals surface area contributed by atoms with Crippen LogP contribution in [0.5, 0.6) is 0 Å². The Morgan fingerprint density at radius 2 is 2.44 bits per heavy atom. The van der Waals surface area contributed by atoms with Crippen molar-refractivity contribution >= 4 is 17.2 Å². The first-order valence-electron chi connectivity index (χ1n) is 5.63. The van der Waals surface area contributed by atoms with Gasteiger partial charge in [-0.2, -0.15) is 5.10 Å². The molecule has 96 valence electrons. The summed E-state index contributed by atoms with van der Waals surface area (Å²) in [6.07, 6.45) is 1.83. The molecule has 5 nitrogen and oxygen atoms in total. The van der Waals surface area contributed by atoms with Crippen LogP contribution in [0.3, 0.4) is 0 Å². The number of amides is 1. The van der Waals surface area contributed by atoms with E-state index in [0.29, 0.717) is 6.54 Å². The topological polar surface area (TPSA) is 72.9 Å². The maximum Gasteiger partial charge on any atom is 0.239 e. The molecule has 0 aliphatic rings. The van der Waals surface area contributed by atoms with Crippen LogP contribution in [-0.4, -0.2) is 15.7 Å². The molecular formula is C12H16N4OS. The van der Waals surface area contributed by atoms with Gasteiger partial charge in [-0.15, -0.1) is 11.3 Å². The lowest BCUT2D eigenvalue weighted by atomic mass is 10.1. The molecule has 0 aromatic carbocycles. The van der Waals surface area contributed by atoms with Gasteiger partial charge in [-0.1, -0.05) is 6.07 Å². The molecule has 0 saturated carbocycles. The quantitative estimate of drug-likeness (QED) is 0.849. The van der Waals surface area contributed by atoms with Gasteiger partial charge in [0, 0.05) is 30.2 Å². The lowest BCUT2D eigenvalue weighted by molar-refractivity contribution is -0.120. The third-order valence-corrected chi connectivity index (χ3v) is 3.58. The van der Waals surface area contributed by atoms with Gasteiger partial charge in [-0.05, 0) is 18.4 Å². The summed E-state index contributed by atoms with van der Waals surface area (Å²) in [5, 5.41) is 9.41. The van der Waals surface area contributed by atoms with E-state index < -0.39 is 6.04 Å². The van der Waals surface area contributed by atoms with Crippen LogP contribution in [-0.2, 0) is 18.4 Å². The van der Waals surface area contributed by atoms with Gasteiger partial charge in [0.1, 0.15) is 6.04 Å². The minimum Gasteiger partial charge on any atom is -0.368 e. The van der Waals surface area contributed by atoms with Crippen LogP contribution in [0.15, 0.2) is 23.7 Å². The molecule has 0 fully saturated rings. The average molecular weight is 264 g/mol. The van der Waals surface area contributed by atoms with Crippen LogP contribution in [0.2, 0.25) is 0 Å². The number of thiophene rings is 1. The van der Waals surface area contributed by atoms with E-state index >= 15 is 0 Å². The third-order valence-electron chi connectivity index (χ3n) is 2.71. The molecule has 0 aliphatic carbocycles. The van der Waals surface area contributed by atoms with E-state index in [2.05, 4.69) is 10.4 Å². The second kappa shape index (κ2) is 5.32. The van der Waals surface area contributed by atoms with Crippen molar-refractivity contribution in [1.29, 1.82) is 0 Å². The number of nitrogens with one attached hydrogen (secondary N) is 1. The van der Waals surface area contributed by atoms with E-state index in [0.717, 1.165) is 11.3 Å². The number of aromatic nitrogens is 2. The molecule has 3 N–H and O–H groups in total. The smallest absolute Gasteiger partial charge is 0.239 e. The van der Waals surface area contributed by atoms with Crippen molar-refractivity contribution < 1.29 is 4.79 Å². The van der Waals surface area contributed by atoms with Crippen LogP contribution in [0, 0.1) is 6.92 Å². The zero-order chi connectivity index (χ0) is 13.1. The molecule has 2 rings (SSSR count). The van der Waals surface area contributed by atoms with Gasteiger partial charge < -0.3 is 5.73 Å². The molecule has 0 radical (unpaired) electrons. The van der Waals surface area contributed by atoms with Crippen molar-refractivity contribution in [2.45, 2.75) is 19.5 Å². The largest absolute Gasteiger partial charge is 0.368 e. The molecule has 18 heavy (non-hydrogen) atoms. The fourth-order valence-corrected chi connectivity index (χ4v) is 2.54. The highest BCUT2D eigenvalue weighted by Gasteiger charge is 2.21. The highest BCUT2D eigenvalue weighted by atomic mass is 32.1. The summed E-state index contributed by atoms with van der Waals surface area (Å²) in [5.41, 5.74) is 7.11. The number of aryl methyl sites for hydroxylation is 2. The zero-order valence-corrected chi connectivity index (χ0v) is 11.2. The standard InChI is InChI=1S/C12H16N4OS/c1-8-10(7-16(2)15-8)11(12(13)17)14-6-9-4-3-5-18-9/h3-5,7,11,14H,6H2,1-2H3,(H2,13,17).